The average molecular weight is 603 g/mol. The molecule has 32 heavy (non-hydrogen) atoms. The Balaban J connectivity index is 0.000000297. The SMILES string of the molecule is Cc1cc2c3c(nccc3c1)-c1[c-]c3ccncc3cc1C2(C)C.[2H]/C(C(C)=O)=C(\C)O.[Ir]. The molecule has 1 aliphatic rings. The summed E-state index contributed by atoms with van der Waals surface area (Å²) in [6.45, 7) is 9.31. The van der Waals surface area contributed by atoms with Crippen molar-refractivity contribution in [3.05, 3.63) is 83.5 Å². The molecule has 4 nitrogen and oxygen atoms in total. The van der Waals surface area contributed by atoms with Crippen LogP contribution in [0.2, 0.25) is 0 Å². The van der Waals surface area contributed by atoms with E-state index in [4.69, 9.17) is 11.5 Å². The molecule has 0 amide bonds. The van der Waals surface area contributed by atoms with E-state index in [1.807, 2.05) is 24.7 Å². The number of hydrogen-bond acceptors (Lipinski definition) is 4. The molecule has 0 fully saturated rings. The fourth-order valence-corrected chi connectivity index (χ4v) is 4.29. The number of ketones is 1. The van der Waals surface area contributed by atoms with E-state index < -0.39 is 5.78 Å². The fourth-order valence-electron chi connectivity index (χ4n) is 4.29. The summed E-state index contributed by atoms with van der Waals surface area (Å²) < 4.78 is 6.76. The molecule has 0 saturated carbocycles. The van der Waals surface area contributed by atoms with Gasteiger partial charge in [0.15, 0.2) is 5.78 Å². The summed E-state index contributed by atoms with van der Waals surface area (Å²) >= 11 is 0. The van der Waals surface area contributed by atoms with Crippen LogP contribution in [0.5, 0.6) is 0 Å². The Bertz CT molecular complexity index is 1420. The van der Waals surface area contributed by atoms with Crippen molar-refractivity contribution in [2.75, 3.05) is 0 Å². The maximum atomic E-state index is 10.2. The van der Waals surface area contributed by atoms with Gasteiger partial charge in [-0.05, 0) is 61.0 Å². The number of fused-ring (bicyclic) bond motifs is 3. The Kier molecular flexibility index (Phi) is 6.23. The third-order valence-corrected chi connectivity index (χ3v) is 5.63. The van der Waals surface area contributed by atoms with E-state index in [1.165, 1.54) is 41.3 Å². The number of carbonyl (C=O) groups is 1. The van der Waals surface area contributed by atoms with Crippen LogP contribution in [-0.4, -0.2) is 20.9 Å². The third kappa shape index (κ3) is 4.23. The standard InChI is InChI=1S/C22H17N2.C5H8O2.Ir/c1-13-8-15-5-7-24-21-17-10-14-4-6-23-12-16(14)11-18(17)22(2,3)19(9-13)20(15)21;1-4(6)3-5(2)7;/h4-9,11-12H,1-3H3;3,6H,1-2H3;/q-1;;/b;4-3-;/i;3D;. The minimum atomic E-state index is -0.412. The number of nitrogens with zero attached hydrogens (tertiary/aromatic N) is 2. The van der Waals surface area contributed by atoms with Gasteiger partial charge in [-0.15, -0.1) is 23.6 Å². The van der Waals surface area contributed by atoms with Crippen LogP contribution in [0, 0.1) is 13.0 Å². The topological polar surface area (TPSA) is 63.1 Å². The second-order valence-corrected chi connectivity index (χ2v) is 8.48. The molecular formula is C27H25IrN2O2-. The van der Waals surface area contributed by atoms with Gasteiger partial charge >= 0.3 is 0 Å². The number of hydrogen-bond donors (Lipinski definition) is 1. The Hall–Kier alpha value is -2.88. The van der Waals surface area contributed by atoms with Gasteiger partial charge < -0.3 is 5.11 Å². The number of aliphatic hydroxyl groups excluding tert-OH is 1. The second kappa shape index (κ2) is 8.93. The molecule has 4 aromatic rings. The minimum absolute atomic E-state index is 0. The van der Waals surface area contributed by atoms with Crippen molar-refractivity contribution in [3.63, 3.8) is 0 Å². The van der Waals surface area contributed by atoms with Gasteiger partial charge in [-0.3, -0.25) is 14.8 Å². The number of aryl methyl sites for hydroxylation is 1. The molecule has 1 radical (unpaired) electrons. The number of rotatable bonds is 1. The van der Waals surface area contributed by atoms with Crippen molar-refractivity contribution in [3.8, 4) is 11.3 Å². The van der Waals surface area contributed by atoms with Gasteiger partial charge in [-0.25, -0.2) is 0 Å². The Morgan fingerprint density at radius 3 is 2.53 bits per heavy atom. The van der Waals surface area contributed by atoms with Crippen LogP contribution in [0.25, 0.3) is 32.8 Å². The molecule has 2 aromatic heterocycles. The summed E-state index contributed by atoms with van der Waals surface area (Å²) in [5.74, 6) is -0.637. The van der Waals surface area contributed by atoms with Crippen LogP contribution < -0.4 is 0 Å². The molecule has 165 valence electrons. The zero-order valence-corrected chi connectivity index (χ0v) is 21.1. The molecule has 5 rings (SSSR count). The van der Waals surface area contributed by atoms with Crippen molar-refractivity contribution in [1.29, 1.82) is 0 Å². The van der Waals surface area contributed by atoms with Crippen molar-refractivity contribution < 1.29 is 31.4 Å². The first-order valence-electron chi connectivity index (χ1n) is 10.7. The number of carbonyl (C=O) groups excluding carboxylic acids is 1. The number of benzene rings is 2. The summed E-state index contributed by atoms with van der Waals surface area (Å²) in [4.78, 5) is 19.2. The first kappa shape index (κ1) is 22.3. The molecular weight excluding hydrogens is 577 g/mol. The van der Waals surface area contributed by atoms with E-state index in [1.54, 1.807) is 0 Å². The summed E-state index contributed by atoms with van der Waals surface area (Å²) in [5, 5.41) is 13.2. The minimum Gasteiger partial charge on any atom is -0.512 e. The maximum Gasteiger partial charge on any atom is 0.155 e. The summed E-state index contributed by atoms with van der Waals surface area (Å²) in [5.41, 5.74) is 6.01. The molecule has 0 atom stereocenters. The van der Waals surface area contributed by atoms with E-state index in [2.05, 4.69) is 56.1 Å². The Morgan fingerprint density at radius 2 is 1.88 bits per heavy atom. The summed E-state index contributed by atoms with van der Waals surface area (Å²) in [6.07, 6.45) is 5.65. The van der Waals surface area contributed by atoms with Crippen molar-refractivity contribution in [1.82, 2.24) is 9.97 Å². The molecule has 2 aromatic carbocycles. The molecule has 1 aliphatic carbocycles. The molecule has 1 N–H and O–H groups in total. The summed E-state index contributed by atoms with van der Waals surface area (Å²) in [6, 6.07) is 14.3. The Labute approximate surface area is 203 Å². The van der Waals surface area contributed by atoms with E-state index >= 15 is 0 Å². The predicted octanol–water partition coefficient (Wildman–Crippen LogP) is 6.23. The van der Waals surface area contributed by atoms with Crippen LogP contribution in [-0.2, 0) is 30.3 Å². The van der Waals surface area contributed by atoms with E-state index in [-0.39, 0.29) is 37.3 Å². The van der Waals surface area contributed by atoms with Gasteiger partial charge in [0.25, 0.3) is 0 Å². The normalized spacial score (nSPS) is 14.3. The first-order chi connectivity index (χ1) is 15.1. The van der Waals surface area contributed by atoms with Gasteiger partial charge in [-0.2, -0.15) is 0 Å². The molecule has 0 unspecified atom stereocenters. The van der Waals surface area contributed by atoms with Crippen molar-refractivity contribution in [2.45, 2.75) is 40.0 Å². The fraction of sp³-hybridized carbons (Fsp3) is 0.222. The summed E-state index contributed by atoms with van der Waals surface area (Å²) in [7, 11) is 0. The van der Waals surface area contributed by atoms with Crippen LogP contribution in [0.3, 0.4) is 0 Å². The number of aliphatic hydroxyl groups is 1. The smallest absolute Gasteiger partial charge is 0.155 e. The van der Waals surface area contributed by atoms with E-state index in [9.17, 15) is 4.79 Å². The van der Waals surface area contributed by atoms with E-state index in [0.29, 0.717) is 0 Å². The zero-order valence-electron chi connectivity index (χ0n) is 19.7. The van der Waals surface area contributed by atoms with Gasteiger partial charge in [0.1, 0.15) is 0 Å². The van der Waals surface area contributed by atoms with Crippen LogP contribution in [0.15, 0.2) is 60.7 Å². The van der Waals surface area contributed by atoms with Gasteiger partial charge in [-0.1, -0.05) is 48.1 Å². The van der Waals surface area contributed by atoms with Crippen LogP contribution in [0.4, 0.5) is 0 Å². The number of pyridine rings is 2. The largest absolute Gasteiger partial charge is 0.512 e. The number of allylic oxidation sites excluding steroid dienone is 2. The molecule has 0 bridgehead atoms. The van der Waals surface area contributed by atoms with Gasteiger partial charge in [0, 0.05) is 38.0 Å². The third-order valence-electron chi connectivity index (χ3n) is 5.63. The first-order valence-corrected chi connectivity index (χ1v) is 10.2. The quantitative estimate of drug-likeness (QED) is 0.159. The molecule has 0 spiro atoms. The molecule has 5 heteroatoms. The van der Waals surface area contributed by atoms with Crippen molar-refractivity contribution in [2.24, 2.45) is 0 Å². The maximum absolute atomic E-state index is 10.2. The van der Waals surface area contributed by atoms with Gasteiger partial charge in [0.05, 0.1) is 7.13 Å². The van der Waals surface area contributed by atoms with E-state index in [0.717, 1.165) is 22.0 Å². The second-order valence-electron chi connectivity index (χ2n) is 8.48. The van der Waals surface area contributed by atoms with Crippen LogP contribution >= 0.6 is 0 Å². The molecule has 0 aliphatic heterocycles. The van der Waals surface area contributed by atoms with Crippen molar-refractivity contribution >= 4 is 27.3 Å². The predicted molar refractivity (Wildman–Crippen MR) is 125 cm³/mol. The van der Waals surface area contributed by atoms with Gasteiger partial charge in [0.2, 0.25) is 0 Å². The Morgan fingerprint density at radius 1 is 1.12 bits per heavy atom. The monoisotopic (exact) mass is 603 g/mol. The number of aromatic nitrogens is 2. The average Bonchev–Trinajstić information content (AvgIpc) is 2.76. The van der Waals surface area contributed by atoms with Crippen LogP contribution in [0.1, 0.15) is 45.8 Å². The molecule has 2 heterocycles. The zero-order chi connectivity index (χ0) is 23.2. The molecule has 0 saturated heterocycles.